The normalized spacial score (nSPS) is 10.5. The van der Waals surface area contributed by atoms with E-state index in [1.807, 2.05) is 43.3 Å². The van der Waals surface area contributed by atoms with Gasteiger partial charge in [-0.15, -0.1) is 0 Å². The number of aromatic amines is 1. The van der Waals surface area contributed by atoms with E-state index in [-0.39, 0.29) is 5.91 Å². The average molecular weight is 281 g/mol. The molecule has 0 atom stereocenters. The van der Waals surface area contributed by atoms with Crippen LogP contribution in [0, 0.1) is 0 Å². The number of carbonyl (C=O) groups is 1. The van der Waals surface area contributed by atoms with E-state index >= 15 is 0 Å². The Kier molecular flexibility index (Phi) is 3.51. The summed E-state index contributed by atoms with van der Waals surface area (Å²) >= 11 is 0. The summed E-state index contributed by atoms with van der Waals surface area (Å²) in [4.78, 5) is 12.1. The van der Waals surface area contributed by atoms with Crippen LogP contribution in [0.1, 0.15) is 23.1 Å². The number of para-hydroxylation sites is 1. The van der Waals surface area contributed by atoms with Gasteiger partial charge < -0.3 is 5.32 Å². The Morgan fingerprint density at radius 3 is 2.81 bits per heavy atom. The number of nitrogens with one attached hydrogen (secondary N) is 2. The van der Waals surface area contributed by atoms with E-state index < -0.39 is 0 Å². The SMILES string of the molecule is CCc1cc(NC(=O)c2ccn(-c3ccccc3)n2)n[nH]1. The molecule has 106 valence electrons. The van der Waals surface area contributed by atoms with Gasteiger partial charge in [0, 0.05) is 18.0 Å². The van der Waals surface area contributed by atoms with Crippen molar-refractivity contribution in [2.45, 2.75) is 13.3 Å². The zero-order valence-corrected chi connectivity index (χ0v) is 11.6. The second-order valence-electron chi connectivity index (χ2n) is 4.57. The number of aromatic nitrogens is 4. The summed E-state index contributed by atoms with van der Waals surface area (Å²) in [5.41, 5.74) is 2.23. The Balaban J connectivity index is 1.75. The molecule has 6 nitrogen and oxygen atoms in total. The number of hydrogen-bond donors (Lipinski definition) is 2. The van der Waals surface area contributed by atoms with E-state index in [9.17, 15) is 4.79 Å². The Bertz CT molecular complexity index is 744. The van der Waals surface area contributed by atoms with Crippen molar-refractivity contribution in [3.8, 4) is 5.69 Å². The summed E-state index contributed by atoms with van der Waals surface area (Å²) in [6.45, 7) is 2.01. The van der Waals surface area contributed by atoms with E-state index in [1.165, 1.54) is 0 Å². The summed E-state index contributed by atoms with van der Waals surface area (Å²) in [5, 5.41) is 13.9. The fourth-order valence-electron chi connectivity index (χ4n) is 1.96. The molecule has 0 unspecified atom stereocenters. The van der Waals surface area contributed by atoms with Crippen molar-refractivity contribution in [2.24, 2.45) is 0 Å². The first-order chi connectivity index (χ1) is 10.3. The van der Waals surface area contributed by atoms with E-state index in [0.29, 0.717) is 11.5 Å². The van der Waals surface area contributed by atoms with Gasteiger partial charge >= 0.3 is 0 Å². The van der Waals surface area contributed by atoms with Crippen LogP contribution in [0.25, 0.3) is 5.69 Å². The maximum Gasteiger partial charge on any atom is 0.277 e. The van der Waals surface area contributed by atoms with Crippen molar-refractivity contribution >= 4 is 11.7 Å². The highest BCUT2D eigenvalue weighted by Gasteiger charge is 2.12. The molecule has 0 saturated heterocycles. The molecule has 0 aliphatic heterocycles. The molecule has 3 rings (SSSR count). The first-order valence-electron chi connectivity index (χ1n) is 6.73. The van der Waals surface area contributed by atoms with Crippen molar-refractivity contribution in [1.29, 1.82) is 0 Å². The number of nitrogens with zero attached hydrogens (tertiary/aromatic N) is 3. The quantitative estimate of drug-likeness (QED) is 0.771. The molecule has 6 heteroatoms. The molecule has 3 aromatic rings. The molecular formula is C15H15N5O. The fourth-order valence-corrected chi connectivity index (χ4v) is 1.96. The van der Waals surface area contributed by atoms with Crippen molar-refractivity contribution in [3.05, 3.63) is 60.0 Å². The Morgan fingerprint density at radius 2 is 2.10 bits per heavy atom. The second kappa shape index (κ2) is 5.62. The van der Waals surface area contributed by atoms with Crippen LogP contribution in [-0.2, 0) is 6.42 Å². The molecule has 0 radical (unpaired) electrons. The molecule has 0 saturated carbocycles. The lowest BCUT2D eigenvalue weighted by Gasteiger charge is -2.00. The first kappa shape index (κ1) is 13.1. The topological polar surface area (TPSA) is 75.6 Å². The fraction of sp³-hybridized carbons (Fsp3) is 0.133. The number of hydrogen-bond acceptors (Lipinski definition) is 3. The van der Waals surface area contributed by atoms with Gasteiger partial charge in [0.25, 0.3) is 5.91 Å². The zero-order chi connectivity index (χ0) is 14.7. The van der Waals surface area contributed by atoms with E-state index in [1.54, 1.807) is 16.9 Å². The first-order valence-corrected chi connectivity index (χ1v) is 6.73. The lowest BCUT2D eigenvalue weighted by Crippen LogP contribution is -2.13. The van der Waals surface area contributed by atoms with Crippen LogP contribution in [0.2, 0.25) is 0 Å². The molecule has 21 heavy (non-hydrogen) atoms. The number of benzene rings is 1. The number of rotatable bonds is 4. The van der Waals surface area contributed by atoms with Crippen LogP contribution >= 0.6 is 0 Å². The minimum Gasteiger partial charge on any atom is -0.304 e. The third-order valence-electron chi connectivity index (χ3n) is 3.10. The van der Waals surface area contributed by atoms with Gasteiger partial charge in [-0.05, 0) is 24.6 Å². The predicted octanol–water partition coefficient (Wildman–Crippen LogP) is 2.41. The zero-order valence-electron chi connectivity index (χ0n) is 11.6. The van der Waals surface area contributed by atoms with Gasteiger partial charge in [-0.25, -0.2) is 4.68 Å². The highest BCUT2D eigenvalue weighted by Crippen LogP contribution is 2.10. The van der Waals surface area contributed by atoms with Gasteiger partial charge in [-0.2, -0.15) is 10.2 Å². The van der Waals surface area contributed by atoms with Crippen LogP contribution in [0.3, 0.4) is 0 Å². The Morgan fingerprint density at radius 1 is 1.29 bits per heavy atom. The second-order valence-corrected chi connectivity index (χ2v) is 4.57. The van der Waals surface area contributed by atoms with Crippen LogP contribution in [0.15, 0.2) is 48.7 Å². The van der Waals surface area contributed by atoms with Gasteiger partial charge in [-0.3, -0.25) is 9.89 Å². The standard InChI is InChI=1S/C15H15N5O/c1-2-11-10-14(18-17-11)16-15(21)13-8-9-20(19-13)12-6-4-3-5-7-12/h3-10H,2H2,1H3,(H2,16,17,18,21). The maximum absolute atomic E-state index is 12.1. The third-order valence-corrected chi connectivity index (χ3v) is 3.10. The van der Waals surface area contributed by atoms with Crippen molar-refractivity contribution in [2.75, 3.05) is 5.32 Å². The summed E-state index contributed by atoms with van der Waals surface area (Å²) in [6.07, 6.45) is 2.60. The lowest BCUT2D eigenvalue weighted by molar-refractivity contribution is 0.102. The van der Waals surface area contributed by atoms with Gasteiger partial charge in [-0.1, -0.05) is 25.1 Å². The molecule has 2 heterocycles. The number of H-pyrrole nitrogens is 1. The summed E-state index contributed by atoms with van der Waals surface area (Å²) in [5.74, 6) is 0.227. The van der Waals surface area contributed by atoms with Crippen LogP contribution in [0.5, 0.6) is 0 Å². The molecular weight excluding hydrogens is 266 g/mol. The monoisotopic (exact) mass is 281 g/mol. The van der Waals surface area contributed by atoms with Crippen molar-refractivity contribution in [1.82, 2.24) is 20.0 Å². The molecule has 0 fully saturated rings. The smallest absolute Gasteiger partial charge is 0.277 e. The molecule has 1 aromatic carbocycles. The number of amides is 1. The molecule has 0 bridgehead atoms. The van der Waals surface area contributed by atoms with Crippen molar-refractivity contribution in [3.63, 3.8) is 0 Å². The minimum absolute atomic E-state index is 0.279. The van der Waals surface area contributed by atoms with Gasteiger partial charge in [0.2, 0.25) is 0 Å². The van der Waals surface area contributed by atoms with Crippen LogP contribution in [-0.4, -0.2) is 25.9 Å². The summed E-state index contributed by atoms with van der Waals surface area (Å²) in [6, 6.07) is 13.1. The molecule has 2 aromatic heterocycles. The third kappa shape index (κ3) is 2.84. The highest BCUT2D eigenvalue weighted by atomic mass is 16.2. The highest BCUT2D eigenvalue weighted by molar-refractivity contribution is 6.02. The van der Waals surface area contributed by atoms with Crippen LogP contribution in [0.4, 0.5) is 5.82 Å². The molecule has 2 N–H and O–H groups in total. The number of carbonyl (C=O) groups excluding carboxylic acids is 1. The predicted molar refractivity (Wildman–Crippen MR) is 79.5 cm³/mol. The lowest BCUT2D eigenvalue weighted by atomic mass is 10.3. The largest absolute Gasteiger partial charge is 0.304 e. The summed E-state index contributed by atoms with van der Waals surface area (Å²) < 4.78 is 1.66. The molecule has 0 spiro atoms. The minimum atomic E-state index is -0.279. The number of anilines is 1. The average Bonchev–Trinajstić information content (AvgIpc) is 3.17. The molecule has 0 aliphatic carbocycles. The van der Waals surface area contributed by atoms with E-state index in [2.05, 4.69) is 20.6 Å². The van der Waals surface area contributed by atoms with E-state index in [4.69, 9.17) is 0 Å². The maximum atomic E-state index is 12.1. The van der Waals surface area contributed by atoms with Gasteiger partial charge in [0.1, 0.15) is 0 Å². The summed E-state index contributed by atoms with van der Waals surface area (Å²) in [7, 11) is 0. The Hall–Kier alpha value is -2.89. The molecule has 0 aliphatic rings. The van der Waals surface area contributed by atoms with Crippen molar-refractivity contribution < 1.29 is 4.79 Å². The van der Waals surface area contributed by atoms with Crippen LogP contribution < -0.4 is 5.32 Å². The number of aryl methyl sites for hydroxylation is 1. The molecule has 1 amide bonds. The van der Waals surface area contributed by atoms with E-state index in [0.717, 1.165) is 17.8 Å². The Labute approximate surface area is 121 Å². The van der Waals surface area contributed by atoms with Gasteiger partial charge in [0.15, 0.2) is 11.5 Å². The van der Waals surface area contributed by atoms with Gasteiger partial charge in [0.05, 0.1) is 5.69 Å².